The van der Waals surface area contributed by atoms with Crippen molar-refractivity contribution in [3.05, 3.63) is 23.8 Å². The van der Waals surface area contributed by atoms with Gasteiger partial charge >= 0.3 is 5.97 Å². The largest absolute Gasteiger partial charge is 0.495 e. The minimum Gasteiger partial charge on any atom is -0.495 e. The molecule has 2 atom stereocenters. The van der Waals surface area contributed by atoms with E-state index in [1.807, 2.05) is 45.9 Å². The van der Waals surface area contributed by atoms with Gasteiger partial charge in [-0.1, -0.05) is 19.9 Å². The summed E-state index contributed by atoms with van der Waals surface area (Å²) in [6, 6.07) is 5.58. The Balaban J connectivity index is 1.96. The minimum absolute atomic E-state index is 0.277. The van der Waals surface area contributed by atoms with E-state index in [4.69, 9.17) is 9.47 Å². The molecule has 2 bridgehead atoms. The van der Waals surface area contributed by atoms with Gasteiger partial charge in [0.25, 0.3) is 5.91 Å². The van der Waals surface area contributed by atoms with Crippen LogP contribution in [0, 0.1) is 17.8 Å². The first-order valence-corrected chi connectivity index (χ1v) is 7.87. The number of carbonyl (C=O) groups excluding carboxylic acids is 2. The van der Waals surface area contributed by atoms with Crippen molar-refractivity contribution in [3.8, 4) is 5.75 Å². The molecule has 1 N–H and O–H groups in total. The number of anilines is 1. The number of methoxy groups -OCH3 is 1. The lowest BCUT2D eigenvalue weighted by Crippen LogP contribution is -2.50. The molecule has 124 valence electrons. The van der Waals surface area contributed by atoms with E-state index >= 15 is 0 Å². The number of carbonyl (C=O) groups is 2. The standard InChI is InChI=1S/C18H23NO4/c1-11-6-7-13(22-5)12(10-11)19-14(20)18-9-8-17(4,15(21)23-18)16(18,2)3/h6-7,10H,8-9H2,1-5H3,(H,19,20)/t17-,18+/m0/s1. The Bertz CT molecular complexity index is 696. The summed E-state index contributed by atoms with van der Waals surface area (Å²) in [6.45, 7) is 7.72. The Morgan fingerprint density at radius 1 is 1.26 bits per heavy atom. The molecule has 1 aliphatic heterocycles. The summed E-state index contributed by atoms with van der Waals surface area (Å²) < 4.78 is 10.9. The zero-order valence-electron chi connectivity index (χ0n) is 14.3. The van der Waals surface area contributed by atoms with Gasteiger partial charge in [-0.05, 0) is 44.4 Å². The molecule has 23 heavy (non-hydrogen) atoms. The van der Waals surface area contributed by atoms with Gasteiger partial charge in [-0.3, -0.25) is 9.59 Å². The first-order valence-electron chi connectivity index (χ1n) is 7.87. The molecular formula is C18H23NO4. The molecule has 0 aromatic heterocycles. The van der Waals surface area contributed by atoms with E-state index < -0.39 is 16.4 Å². The number of amides is 1. The van der Waals surface area contributed by atoms with Crippen LogP contribution in [0.4, 0.5) is 5.69 Å². The summed E-state index contributed by atoms with van der Waals surface area (Å²) in [6.07, 6.45) is 1.21. The average Bonchev–Trinajstić information content (AvgIpc) is 2.78. The van der Waals surface area contributed by atoms with E-state index in [2.05, 4.69) is 5.32 Å². The molecule has 1 amide bonds. The van der Waals surface area contributed by atoms with Crippen LogP contribution in [-0.4, -0.2) is 24.6 Å². The van der Waals surface area contributed by atoms with Crippen LogP contribution in [0.25, 0.3) is 0 Å². The number of hydrogen-bond donors (Lipinski definition) is 1. The van der Waals surface area contributed by atoms with Gasteiger partial charge in [0, 0.05) is 5.41 Å². The number of benzene rings is 1. The van der Waals surface area contributed by atoms with Crippen molar-refractivity contribution in [2.45, 2.75) is 46.1 Å². The highest BCUT2D eigenvalue weighted by Gasteiger charge is 2.75. The minimum atomic E-state index is -1.12. The van der Waals surface area contributed by atoms with Crippen LogP contribution in [0.15, 0.2) is 18.2 Å². The lowest BCUT2D eigenvalue weighted by molar-refractivity contribution is -0.165. The van der Waals surface area contributed by atoms with E-state index in [0.29, 0.717) is 24.3 Å². The van der Waals surface area contributed by atoms with Crippen LogP contribution >= 0.6 is 0 Å². The Labute approximate surface area is 136 Å². The molecule has 1 saturated heterocycles. The number of rotatable bonds is 3. The zero-order valence-corrected chi connectivity index (χ0v) is 14.3. The maximum absolute atomic E-state index is 13.0. The van der Waals surface area contributed by atoms with Crippen LogP contribution in [0.1, 0.15) is 39.2 Å². The molecule has 1 heterocycles. The van der Waals surface area contributed by atoms with Gasteiger partial charge < -0.3 is 14.8 Å². The second kappa shape index (κ2) is 4.73. The van der Waals surface area contributed by atoms with Gasteiger partial charge in [-0.2, -0.15) is 0 Å². The highest BCUT2D eigenvalue weighted by atomic mass is 16.6. The molecule has 2 aliphatic rings. The molecule has 1 aliphatic carbocycles. The summed E-state index contributed by atoms with van der Waals surface area (Å²) >= 11 is 0. The third kappa shape index (κ3) is 1.85. The van der Waals surface area contributed by atoms with Crippen LogP contribution in [0.2, 0.25) is 0 Å². The Morgan fingerprint density at radius 3 is 2.48 bits per heavy atom. The summed E-state index contributed by atoms with van der Waals surface area (Å²) in [5, 5.41) is 2.91. The van der Waals surface area contributed by atoms with Crippen molar-refractivity contribution < 1.29 is 19.1 Å². The second-order valence-corrected chi connectivity index (χ2v) is 7.33. The first kappa shape index (κ1) is 15.8. The Hall–Kier alpha value is -2.04. The smallest absolute Gasteiger partial charge is 0.313 e. The van der Waals surface area contributed by atoms with Crippen molar-refractivity contribution >= 4 is 17.6 Å². The summed E-state index contributed by atoms with van der Waals surface area (Å²) in [5.41, 5.74) is -0.677. The van der Waals surface area contributed by atoms with Crippen molar-refractivity contribution in [1.82, 2.24) is 0 Å². The highest BCUT2D eigenvalue weighted by Crippen LogP contribution is 2.65. The maximum atomic E-state index is 13.0. The highest BCUT2D eigenvalue weighted by molar-refractivity contribution is 6.04. The first-order chi connectivity index (χ1) is 10.7. The van der Waals surface area contributed by atoms with Crippen LogP contribution in [0.3, 0.4) is 0 Å². The number of nitrogens with one attached hydrogen (secondary N) is 1. The van der Waals surface area contributed by atoms with Gasteiger partial charge in [-0.25, -0.2) is 0 Å². The molecule has 5 heteroatoms. The van der Waals surface area contributed by atoms with Gasteiger partial charge in [0.05, 0.1) is 18.2 Å². The molecule has 5 nitrogen and oxygen atoms in total. The predicted octanol–water partition coefficient (Wildman–Crippen LogP) is 3.06. The molecule has 3 rings (SSSR count). The monoisotopic (exact) mass is 317 g/mol. The molecule has 0 spiro atoms. The van der Waals surface area contributed by atoms with Crippen LogP contribution in [0.5, 0.6) is 5.75 Å². The molecule has 1 aromatic carbocycles. The number of hydrogen-bond acceptors (Lipinski definition) is 4. The molecule has 1 saturated carbocycles. The molecular weight excluding hydrogens is 294 g/mol. The van der Waals surface area contributed by atoms with E-state index in [9.17, 15) is 9.59 Å². The van der Waals surface area contributed by atoms with Gasteiger partial charge in [0.1, 0.15) is 5.75 Å². The van der Waals surface area contributed by atoms with Crippen LogP contribution in [-0.2, 0) is 14.3 Å². The summed E-state index contributed by atoms with van der Waals surface area (Å²) in [5.74, 6) is 0.0318. The fraction of sp³-hybridized carbons (Fsp3) is 0.556. The van der Waals surface area contributed by atoms with Crippen LogP contribution < -0.4 is 10.1 Å². The Kier molecular flexibility index (Phi) is 3.26. The lowest BCUT2D eigenvalue weighted by Gasteiger charge is -2.35. The lowest BCUT2D eigenvalue weighted by atomic mass is 9.66. The summed E-state index contributed by atoms with van der Waals surface area (Å²) in [7, 11) is 1.56. The van der Waals surface area contributed by atoms with Gasteiger partial charge in [0.2, 0.25) is 0 Å². The van der Waals surface area contributed by atoms with Crippen molar-refractivity contribution in [1.29, 1.82) is 0 Å². The normalized spacial score (nSPS) is 30.9. The topological polar surface area (TPSA) is 64.6 Å². The Morgan fingerprint density at radius 2 is 1.96 bits per heavy atom. The quantitative estimate of drug-likeness (QED) is 0.870. The molecule has 2 fully saturated rings. The number of esters is 1. The maximum Gasteiger partial charge on any atom is 0.313 e. The van der Waals surface area contributed by atoms with Gasteiger partial charge in [-0.15, -0.1) is 0 Å². The zero-order chi connectivity index (χ0) is 17.0. The van der Waals surface area contributed by atoms with E-state index in [1.54, 1.807) is 7.11 Å². The van der Waals surface area contributed by atoms with E-state index in [0.717, 1.165) is 5.56 Å². The SMILES string of the molecule is COc1ccc(C)cc1NC(=O)[C@@]12CC[C@@](C)(C(=O)O1)C2(C)C. The van der Waals surface area contributed by atoms with Crippen molar-refractivity contribution in [3.63, 3.8) is 0 Å². The second-order valence-electron chi connectivity index (χ2n) is 7.33. The average molecular weight is 317 g/mol. The number of aryl methyl sites for hydroxylation is 1. The number of ether oxygens (including phenoxy) is 2. The van der Waals surface area contributed by atoms with Crippen molar-refractivity contribution in [2.24, 2.45) is 10.8 Å². The van der Waals surface area contributed by atoms with E-state index in [1.165, 1.54) is 0 Å². The number of fused-ring (bicyclic) bond motifs is 2. The fourth-order valence-electron chi connectivity index (χ4n) is 3.89. The van der Waals surface area contributed by atoms with Gasteiger partial charge in [0.15, 0.2) is 5.60 Å². The molecule has 0 unspecified atom stereocenters. The van der Waals surface area contributed by atoms with E-state index in [-0.39, 0.29) is 11.9 Å². The fourth-order valence-corrected chi connectivity index (χ4v) is 3.89. The van der Waals surface area contributed by atoms with Crippen molar-refractivity contribution in [2.75, 3.05) is 12.4 Å². The molecule has 1 aromatic rings. The molecule has 0 radical (unpaired) electrons. The third-order valence-electron chi connectivity index (χ3n) is 6.05. The summed E-state index contributed by atoms with van der Waals surface area (Å²) in [4.78, 5) is 25.3. The predicted molar refractivity (Wildman–Crippen MR) is 86.3 cm³/mol. The third-order valence-corrected chi connectivity index (χ3v) is 6.05.